The quantitative estimate of drug-likeness (QED) is 0.172. The van der Waals surface area contributed by atoms with Crippen molar-refractivity contribution in [2.45, 2.75) is 95.7 Å². The number of carbonyl (C=O) groups excluding carboxylic acids is 5. The third kappa shape index (κ3) is 8.73. The molecule has 2 aromatic heterocycles. The number of likely N-dealkylation sites (N-methyl/N-ethyl adjacent to an activating group) is 1. The van der Waals surface area contributed by atoms with Crippen molar-refractivity contribution in [2.75, 3.05) is 61.5 Å². The molecule has 2 atom stereocenters. The van der Waals surface area contributed by atoms with Crippen LogP contribution in [0, 0.1) is 0 Å². The number of fused-ring (bicyclic) bond motifs is 2. The van der Waals surface area contributed by atoms with Gasteiger partial charge in [-0.25, -0.2) is 4.98 Å². The molecular formula is C46H53ClN10O8. The molecule has 342 valence electrons. The first-order valence-corrected chi connectivity index (χ1v) is 22.7. The lowest BCUT2D eigenvalue weighted by Gasteiger charge is -2.49. The highest BCUT2D eigenvalue weighted by molar-refractivity contribution is 6.33. The van der Waals surface area contributed by atoms with Crippen LogP contribution in [0.1, 0.15) is 86.1 Å². The van der Waals surface area contributed by atoms with Crippen molar-refractivity contribution in [3.05, 3.63) is 75.2 Å². The first-order chi connectivity index (χ1) is 31.3. The van der Waals surface area contributed by atoms with Gasteiger partial charge in [0.1, 0.15) is 11.1 Å². The molecular weight excluding hydrogens is 856 g/mol. The predicted octanol–water partition coefficient (Wildman–Crippen LogP) is 4.02. The molecule has 5 aliphatic rings. The van der Waals surface area contributed by atoms with Crippen LogP contribution in [-0.4, -0.2) is 131 Å². The van der Waals surface area contributed by atoms with Crippen LogP contribution in [0.2, 0.25) is 5.02 Å². The lowest BCUT2D eigenvalue weighted by atomic mass is 9.86. The molecule has 0 bridgehead atoms. The Kier molecular flexibility index (Phi) is 12.2. The number of nitrogens with zero attached hydrogens (tertiary/aromatic N) is 7. The van der Waals surface area contributed by atoms with Gasteiger partial charge < -0.3 is 34.5 Å². The highest BCUT2D eigenvalue weighted by Gasteiger charge is 2.45. The molecule has 65 heavy (non-hydrogen) atoms. The molecule has 4 aromatic rings. The maximum absolute atomic E-state index is 13.4. The van der Waals surface area contributed by atoms with Crippen molar-refractivity contribution >= 4 is 75.2 Å². The van der Waals surface area contributed by atoms with Gasteiger partial charge in [-0.1, -0.05) is 11.6 Å². The minimum Gasteiger partial charge on any atom is -0.478 e. The van der Waals surface area contributed by atoms with E-state index in [1.807, 2.05) is 38.1 Å². The molecule has 0 radical (unpaired) electrons. The van der Waals surface area contributed by atoms with Gasteiger partial charge in [-0.3, -0.25) is 43.9 Å². The van der Waals surface area contributed by atoms with E-state index in [1.165, 1.54) is 7.05 Å². The Balaban J connectivity index is 0.755. The lowest BCUT2D eigenvalue weighted by molar-refractivity contribution is -0.136. The average molecular weight is 909 g/mol. The van der Waals surface area contributed by atoms with Crippen LogP contribution in [0.5, 0.6) is 5.75 Å². The maximum atomic E-state index is 13.4. The van der Waals surface area contributed by atoms with E-state index in [4.69, 9.17) is 26.1 Å². The summed E-state index contributed by atoms with van der Waals surface area (Å²) in [5, 5.41) is 9.18. The molecule has 1 aliphatic carbocycles. The standard InChI is InChI=1S/C46H53ClN10O8/c1-25(2)56-36-8-5-28(17-27(36)18-38(45(56)63)64-24-40(59)48-4)50-41-35(47)22-49-46(52-41)53-13-11-31(12-14-53)65-32-19-30(20-32)54-15-16-55(26(3)23-54)29-6-7-33-34(21-29)44(62)57(43(33)61)37-9-10-39(58)51-42(37)60/h5-8,17-18,21-22,25-26,30-32,37H,9-16,19-20,23-24H2,1-4H3,(H,48,59)(H,49,50,52)(H,51,58,60)/t26-,30?,32?,37+/m0/s1. The van der Waals surface area contributed by atoms with E-state index in [0.29, 0.717) is 34.1 Å². The Morgan fingerprint density at radius 2 is 1.71 bits per heavy atom. The van der Waals surface area contributed by atoms with Crippen molar-refractivity contribution < 1.29 is 33.4 Å². The number of benzene rings is 2. The van der Waals surface area contributed by atoms with Crippen LogP contribution >= 0.6 is 11.6 Å². The highest BCUT2D eigenvalue weighted by atomic mass is 35.5. The van der Waals surface area contributed by atoms with E-state index < -0.39 is 29.7 Å². The molecule has 4 aliphatic heterocycles. The van der Waals surface area contributed by atoms with Crippen LogP contribution in [0.3, 0.4) is 0 Å². The predicted molar refractivity (Wildman–Crippen MR) is 243 cm³/mol. The second-order valence-electron chi connectivity index (χ2n) is 17.8. The fraction of sp³-hybridized carbons (Fsp3) is 0.478. The zero-order chi connectivity index (χ0) is 45.7. The van der Waals surface area contributed by atoms with Gasteiger partial charge in [0, 0.05) is 81.1 Å². The van der Waals surface area contributed by atoms with Crippen molar-refractivity contribution in [1.82, 2.24) is 35.0 Å². The second kappa shape index (κ2) is 18.0. The van der Waals surface area contributed by atoms with Crippen molar-refractivity contribution in [3.8, 4) is 5.75 Å². The van der Waals surface area contributed by atoms with Crippen LogP contribution in [0.15, 0.2) is 53.5 Å². The van der Waals surface area contributed by atoms with Crippen LogP contribution in [0.4, 0.5) is 23.1 Å². The van der Waals surface area contributed by atoms with Crippen LogP contribution < -0.4 is 36.0 Å². The molecule has 0 spiro atoms. The number of amides is 5. The van der Waals surface area contributed by atoms with Gasteiger partial charge in [-0.15, -0.1) is 0 Å². The summed E-state index contributed by atoms with van der Waals surface area (Å²) in [7, 11) is 1.51. The number of halogens is 1. The van der Waals surface area contributed by atoms with Crippen LogP contribution in [-0.2, 0) is 19.1 Å². The zero-order valence-corrected chi connectivity index (χ0v) is 37.6. The van der Waals surface area contributed by atoms with Crippen molar-refractivity contribution in [1.29, 1.82) is 0 Å². The summed E-state index contributed by atoms with van der Waals surface area (Å²) in [6.07, 6.45) is 5.79. The van der Waals surface area contributed by atoms with Crippen LogP contribution in [0.25, 0.3) is 10.9 Å². The number of piperidine rings is 2. The van der Waals surface area contributed by atoms with Crippen molar-refractivity contribution in [2.24, 2.45) is 0 Å². The third-order valence-corrected chi connectivity index (χ3v) is 13.5. The number of ether oxygens (including phenoxy) is 2. The molecule has 18 nitrogen and oxygen atoms in total. The summed E-state index contributed by atoms with van der Waals surface area (Å²) < 4.78 is 13.9. The first kappa shape index (κ1) is 44.1. The molecule has 3 N–H and O–H groups in total. The van der Waals surface area contributed by atoms with E-state index in [-0.39, 0.29) is 66.5 Å². The number of aromatic nitrogens is 3. The van der Waals surface area contributed by atoms with Gasteiger partial charge in [-0.2, -0.15) is 4.98 Å². The Bertz CT molecular complexity index is 2630. The number of hydrogen-bond donors (Lipinski definition) is 3. The van der Waals surface area contributed by atoms with Gasteiger partial charge >= 0.3 is 0 Å². The molecule has 5 amide bonds. The first-order valence-electron chi connectivity index (χ1n) is 22.3. The normalized spacial score (nSPS) is 22.9. The zero-order valence-electron chi connectivity index (χ0n) is 36.8. The maximum Gasteiger partial charge on any atom is 0.293 e. The Hall–Kier alpha value is -6.11. The number of nitrogens with one attached hydrogen (secondary N) is 3. The summed E-state index contributed by atoms with van der Waals surface area (Å²) >= 11 is 6.60. The Labute approximate surface area is 380 Å². The number of carbonyl (C=O) groups is 5. The third-order valence-electron chi connectivity index (χ3n) is 13.3. The van der Waals surface area contributed by atoms with E-state index >= 15 is 0 Å². The van der Waals surface area contributed by atoms with Gasteiger partial charge in [0.05, 0.1) is 35.0 Å². The van der Waals surface area contributed by atoms with E-state index in [1.54, 1.807) is 29.0 Å². The minimum absolute atomic E-state index is 0.0812. The summed E-state index contributed by atoms with van der Waals surface area (Å²) in [4.78, 5) is 93.2. The smallest absolute Gasteiger partial charge is 0.293 e. The summed E-state index contributed by atoms with van der Waals surface area (Å²) in [5.41, 5.74) is 2.56. The minimum atomic E-state index is -0.989. The number of anilines is 4. The average Bonchev–Trinajstić information content (AvgIpc) is 3.52. The monoisotopic (exact) mass is 908 g/mol. The topological polar surface area (TPSA) is 201 Å². The SMILES string of the molecule is CNC(=O)COc1cc2cc(Nc3nc(N4CCC(OC5CC(N6CCN(c7ccc8c(c7)C(=O)N([C@@H]7CCC(=O)NC7=O)C8=O)[C@@H](C)C6)C5)CC4)ncc3Cl)ccc2n(C(C)C)c1=O. The van der Waals surface area contributed by atoms with Gasteiger partial charge in [-0.05, 0) is 95.3 Å². The lowest BCUT2D eigenvalue weighted by Crippen LogP contribution is -2.59. The number of rotatable bonds is 12. The molecule has 3 saturated heterocycles. The molecule has 9 rings (SSSR count). The van der Waals surface area contributed by atoms with Gasteiger partial charge in [0.2, 0.25) is 17.8 Å². The molecule has 4 fully saturated rings. The number of piperazine rings is 1. The second-order valence-corrected chi connectivity index (χ2v) is 18.2. The number of pyridine rings is 1. The highest BCUT2D eigenvalue weighted by Crippen LogP contribution is 2.36. The van der Waals surface area contributed by atoms with E-state index in [0.717, 1.165) is 79.9 Å². The number of hydrogen-bond acceptors (Lipinski definition) is 14. The summed E-state index contributed by atoms with van der Waals surface area (Å²) in [6.45, 7) is 9.70. The van der Waals surface area contributed by atoms with Crippen molar-refractivity contribution in [3.63, 3.8) is 0 Å². The van der Waals surface area contributed by atoms with E-state index in [9.17, 15) is 28.8 Å². The molecule has 1 saturated carbocycles. The number of imide groups is 2. The van der Waals surface area contributed by atoms with E-state index in [2.05, 4.69) is 42.6 Å². The van der Waals surface area contributed by atoms with Gasteiger partial charge in [0.25, 0.3) is 23.3 Å². The fourth-order valence-corrected chi connectivity index (χ4v) is 9.85. The largest absolute Gasteiger partial charge is 0.478 e. The summed E-state index contributed by atoms with van der Waals surface area (Å²) in [6, 6.07) is 12.1. The van der Waals surface area contributed by atoms with Gasteiger partial charge in [0.15, 0.2) is 18.2 Å². The molecule has 6 heterocycles. The fourth-order valence-electron chi connectivity index (χ4n) is 9.71. The summed E-state index contributed by atoms with van der Waals surface area (Å²) in [5.74, 6) is -1.24. The molecule has 0 unspecified atom stereocenters. The molecule has 2 aromatic carbocycles. The Morgan fingerprint density at radius 3 is 2.43 bits per heavy atom. The Morgan fingerprint density at radius 1 is 0.938 bits per heavy atom. The molecule has 19 heteroatoms.